The maximum Gasteiger partial charge on any atom is 0.226 e. The predicted molar refractivity (Wildman–Crippen MR) is 79.5 cm³/mol. The van der Waals surface area contributed by atoms with Crippen LogP contribution in [0.15, 0.2) is 6.20 Å². The van der Waals surface area contributed by atoms with E-state index >= 15 is 0 Å². The van der Waals surface area contributed by atoms with Gasteiger partial charge in [-0.2, -0.15) is 5.10 Å². The number of amides is 1. The van der Waals surface area contributed by atoms with Crippen LogP contribution in [0.4, 0.5) is 0 Å². The second-order valence-electron chi connectivity index (χ2n) is 5.76. The van der Waals surface area contributed by atoms with Gasteiger partial charge < -0.3 is 10.6 Å². The lowest BCUT2D eigenvalue weighted by molar-refractivity contribution is -0.132. The second kappa shape index (κ2) is 6.88. The minimum atomic E-state index is -0.142. The fourth-order valence-electron chi connectivity index (χ4n) is 2.94. The maximum atomic E-state index is 12.4. The fraction of sp³-hybridized carbons (Fsp3) is 0.733. The molecule has 1 aliphatic rings. The molecule has 1 aromatic heterocycles. The van der Waals surface area contributed by atoms with Crippen LogP contribution in [0.1, 0.15) is 43.9 Å². The number of aromatic amines is 1. The monoisotopic (exact) mass is 278 g/mol. The van der Waals surface area contributed by atoms with Crippen LogP contribution in [0.3, 0.4) is 0 Å². The average Bonchev–Trinajstić information content (AvgIpc) is 2.89. The van der Waals surface area contributed by atoms with E-state index in [0.29, 0.717) is 0 Å². The predicted octanol–water partition coefficient (Wildman–Crippen LogP) is 1.55. The van der Waals surface area contributed by atoms with Crippen LogP contribution in [0.5, 0.6) is 0 Å². The van der Waals surface area contributed by atoms with Gasteiger partial charge in [-0.1, -0.05) is 6.92 Å². The number of carbonyl (C=O) groups excluding carboxylic acids is 1. The molecule has 5 heteroatoms. The van der Waals surface area contributed by atoms with E-state index in [1.165, 1.54) is 5.56 Å². The normalized spacial score (nSPS) is 17.9. The van der Waals surface area contributed by atoms with Crippen molar-refractivity contribution in [3.05, 3.63) is 17.5 Å². The molecule has 1 aromatic rings. The maximum absolute atomic E-state index is 12.4. The SMILES string of the molecule is CCC1(C(=O)NCCCc2cn[nH]c2C)CCNCC1. The lowest BCUT2D eigenvalue weighted by atomic mass is 9.76. The Morgan fingerprint density at radius 1 is 1.45 bits per heavy atom. The lowest BCUT2D eigenvalue weighted by Crippen LogP contribution is -2.47. The van der Waals surface area contributed by atoms with E-state index in [9.17, 15) is 4.79 Å². The van der Waals surface area contributed by atoms with Crippen molar-refractivity contribution >= 4 is 5.91 Å². The summed E-state index contributed by atoms with van der Waals surface area (Å²) >= 11 is 0. The van der Waals surface area contributed by atoms with Crippen molar-refractivity contribution in [3.63, 3.8) is 0 Å². The van der Waals surface area contributed by atoms with Gasteiger partial charge in [0.1, 0.15) is 0 Å². The molecule has 2 rings (SSSR count). The minimum Gasteiger partial charge on any atom is -0.356 e. The first kappa shape index (κ1) is 15.0. The van der Waals surface area contributed by atoms with E-state index in [-0.39, 0.29) is 11.3 Å². The Kier molecular flexibility index (Phi) is 5.17. The first-order valence-corrected chi connectivity index (χ1v) is 7.66. The Morgan fingerprint density at radius 2 is 2.20 bits per heavy atom. The molecule has 0 saturated carbocycles. The Morgan fingerprint density at radius 3 is 2.80 bits per heavy atom. The van der Waals surface area contributed by atoms with Crippen LogP contribution < -0.4 is 10.6 Å². The van der Waals surface area contributed by atoms with Gasteiger partial charge in [0.2, 0.25) is 5.91 Å². The third kappa shape index (κ3) is 3.39. The molecule has 1 saturated heterocycles. The van der Waals surface area contributed by atoms with Gasteiger partial charge in [-0.25, -0.2) is 0 Å². The van der Waals surface area contributed by atoms with Crippen molar-refractivity contribution in [2.24, 2.45) is 5.41 Å². The van der Waals surface area contributed by atoms with Gasteiger partial charge in [0.25, 0.3) is 0 Å². The molecular formula is C15H26N4O. The summed E-state index contributed by atoms with van der Waals surface area (Å²) in [5, 5.41) is 13.4. The zero-order chi connectivity index (χ0) is 14.4. The summed E-state index contributed by atoms with van der Waals surface area (Å²) in [6, 6.07) is 0. The molecule has 3 N–H and O–H groups in total. The van der Waals surface area contributed by atoms with Crippen molar-refractivity contribution in [1.82, 2.24) is 20.8 Å². The number of hydrogen-bond acceptors (Lipinski definition) is 3. The topological polar surface area (TPSA) is 69.8 Å². The highest BCUT2D eigenvalue weighted by molar-refractivity contribution is 5.82. The third-order valence-electron chi connectivity index (χ3n) is 4.56. The first-order chi connectivity index (χ1) is 9.68. The molecule has 5 nitrogen and oxygen atoms in total. The summed E-state index contributed by atoms with van der Waals surface area (Å²) in [4.78, 5) is 12.4. The summed E-state index contributed by atoms with van der Waals surface area (Å²) in [6.07, 6.45) is 6.64. The molecule has 0 aliphatic carbocycles. The van der Waals surface area contributed by atoms with E-state index in [2.05, 4.69) is 27.8 Å². The van der Waals surface area contributed by atoms with Crippen molar-refractivity contribution in [2.75, 3.05) is 19.6 Å². The van der Waals surface area contributed by atoms with Gasteiger partial charge in [-0.15, -0.1) is 0 Å². The quantitative estimate of drug-likeness (QED) is 0.691. The molecule has 0 spiro atoms. The number of hydrogen-bond donors (Lipinski definition) is 3. The van der Waals surface area contributed by atoms with Gasteiger partial charge in [0, 0.05) is 12.2 Å². The zero-order valence-corrected chi connectivity index (χ0v) is 12.6. The molecule has 0 unspecified atom stereocenters. The number of aryl methyl sites for hydroxylation is 2. The third-order valence-corrected chi connectivity index (χ3v) is 4.56. The molecule has 0 bridgehead atoms. The number of H-pyrrole nitrogens is 1. The standard InChI is InChI=1S/C15H26N4O/c1-3-15(6-9-16-10-7-15)14(20)17-8-4-5-13-11-18-19-12(13)2/h11,16H,3-10H2,1-2H3,(H,17,20)(H,18,19). The molecule has 1 aliphatic heterocycles. The summed E-state index contributed by atoms with van der Waals surface area (Å²) < 4.78 is 0. The minimum absolute atomic E-state index is 0.142. The average molecular weight is 278 g/mol. The van der Waals surface area contributed by atoms with Gasteiger partial charge >= 0.3 is 0 Å². The smallest absolute Gasteiger partial charge is 0.226 e. The number of carbonyl (C=O) groups is 1. The van der Waals surface area contributed by atoms with Crippen LogP contribution in [0.2, 0.25) is 0 Å². The molecule has 112 valence electrons. The van der Waals surface area contributed by atoms with Gasteiger partial charge in [0.15, 0.2) is 0 Å². The molecule has 0 atom stereocenters. The highest BCUT2D eigenvalue weighted by Crippen LogP contribution is 2.32. The number of nitrogens with one attached hydrogen (secondary N) is 3. The van der Waals surface area contributed by atoms with E-state index in [4.69, 9.17) is 0 Å². The summed E-state index contributed by atoms with van der Waals surface area (Å²) in [5.41, 5.74) is 2.22. The lowest BCUT2D eigenvalue weighted by Gasteiger charge is -2.35. The molecular weight excluding hydrogens is 252 g/mol. The van der Waals surface area contributed by atoms with Crippen LogP contribution >= 0.6 is 0 Å². The van der Waals surface area contributed by atoms with E-state index in [1.807, 2.05) is 13.1 Å². The molecule has 0 radical (unpaired) electrons. The van der Waals surface area contributed by atoms with Crippen molar-refractivity contribution < 1.29 is 4.79 Å². The number of piperidine rings is 1. The highest BCUT2D eigenvalue weighted by Gasteiger charge is 2.37. The van der Waals surface area contributed by atoms with Crippen molar-refractivity contribution in [1.29, 1.82) is 0 Å². The second-order valence-corrected chi connectivity index (χ2v) is 5.76. The number of nitrogens with zero attached hydrogens (tertiary/aromatic N) is 1. The van der Waals surface area contributed by atoms with Gasteiger partial charge in [-0.3, -0.25) is 9.89 Å². The number of rotatable bonds is 6. The van der Waals surface area contributed by atoms with Crippen LogP contribution in [-0.4, -0.2) is 35.7 Å². The Hall–Kier alpha value is -1.36. The Bertz CT molecular complexity index is 435. The summed E-state index contributed by atoms with van der Waals surface area (Å²) in [5.74, 6) is 0.241. The van der Waals surface area contributed by atoms with Gasteiger partial charge in [0.05, 0.1) is 11.6 Å². The van der Waals surface area contributed by atoms with Crippen LogP contribution in [-0.2, 0) is 11.2 Å². The van der Waals surface area contributed by atoms with E-state index in [0.717, 1.165) is 57.4 Å². The van der Waals surface area contributed by atoms with Gasteiger partial charge in [-0.05, 0) is 57.7 Å². The Balaban J connectivity index is 1.75. The van der Waals surface area contributed by atoms with Crippen molar-refractivity contribution in [2.45, 2.75) is 46.0 Å². The molecule has 1 fully saturated rings. The molecule has 0 aromatic carbocycles. The number of aromatic nitrogens is 2. The highest BCUT2D eigenvalue weighted by atomic mass is 16.2. The summed E-state index contributed by atoms with van der Waals surface area (Å²) in [6.45, 7) is 6.81. The van der Waals surface area contributed by atoms with E-state index in [1.54, 1.807) is 0 Å². The molecule has 20 heavy (non-hydrogen) atoms. The Labute approximate surface area is 120 Å². The van der Waals surface area contributed by atoms with Crippen LogP contribution in [0.25, 0.3) is 0 Å². The van der Waals surface area contributed by atoms with E-state index < -0.39 is 0 Å². The van der Waals surface area contributed by atoms with Crippen LogP contribution in [0, 0.1) is 12.3 Å². The first-order valence-electron chi connectivity index (χ1n) is 7.66. The molecule has 2 heterocycles. The summed E-state index contributed by atoms with van der Waals surface area (Å²) in [7, 11) is 0. The van der Waals surface area contributed by atoms with Crippen molar-refractivity contribution in [3.8, 4) is 0 Å². The largest absolute Gasteiger partial charge is 0.356 e. The zero-order valence-electron chi connectivity index (χ0n) is 12.6. The molecule has 1 amide bonds. The fourth-order valence-corrected chi connectivity index (χ4v) is 2.94.